The number of carbonyl (C=O) groups excluding carboxylic acids is 3. The van der Waals surface area contributed by atoms with Crippen LogP contribution in [0.2, 0.25) is 0 Å². The van der Waals surface area contributed by atoms with Gasteiger partial charge in [-0.15, -0.1) is 0 Å². The minimum absolute atomic E-state index is 0.0308. The van der Waals surface area contributed by atoms with Gasteiger partial charge in [-0.2, -0.15) is 0 Å². The van der Waals surface area contributed by atoms with Crippen LogP contribution in [0.15, 0.2) is 18.2 Å². The fourth-order valence-corrected chi connectivity index (χ4v) is 4.44. The van der Waals surface area contributed by atoms with E-state index in [9.17, 15) is 14.4 Å². The highest BCUT2D eigenvalue weighted by atomic mass is 16.6. The molecule has 3 atom stereocenters. The molecule has 1 aromatic carbocycles. The second-order valence-corrected chi connectivity index (χ2v) is 11.3. The van der Waals surface area contributed by atoms with Crippen molar-refractivity contribution in [2.24, 2.45) is 5.92 Å². The molecule has 0 saturated heterocycles. The zero-order chi connectivity index (χ0) is 27.0. The topological polar surface area (TPSA) is 87.7 Å². The zero-order valence-corrected chi connectivity index (χ0v) is 23.6. The molecule has 36 heavy (non-hydrogen) atoms. The molecule has 0 radical (unpaired) electrons. The minimum atomic E-state index is -0.785. The summed E-state index contributed by atoms with van der Waals surface area (Å²) in [7, 11) is 0. The van der Waals surface area contributed by atoms with Crippen molar-refractivity contribution in [1.82, 2.24) is 15.5 Å². The van der Waals surface area contributed by atoms with Gasteiger partial charge in [0.05, 0.1) is 0 Å². The molecule has 3 unspecified atom stereocenters. The number of carbonyl (C=O) groups is 3. The lowest BCUT2D eigenvalue weighted by Gasteiger charge is -2.36. The maximum absolute atomic E-state index is 14.2. The molecular weight excluding hydrogens is 454 g/mol. The minimum Gasteiger partial charge on any atom is -0.444 e. The van der Waals surface area contributed by atoms with E-state index in [0.717, 1.165) is 48.8 Å². The molecule has 0 bridgehead atoms. The van der Waals surface area contributed by atoms with Crippen molar-refractivity contribution in [3.63, 3.8) is 0 Å². The monoisotopic (exact) mass is 501 g/mol. The molecule has 7 nitrogen and oxygen atoms in total. The zero-order valence-electron chi connectivity index (χ0n) is 23.6. The SMILES string of the molecule is CCCCCNC(=O)C(c1cc(C)cc(C)c1)N(C(=O)C(NC(=O)OC(C)(C)C)C(C)CC)C1CC1. The average molecular weight is 502 g/mol. The third-order valence-corrected chi connectivity index (χ3v) is 6.51. The highest BCUT2D eigenvalue weighted by Crippen LogP contribution is 2.37. The van der Waals surface area contributed by atoms with Gasteiger partial charge in [0.2, 0.25) is 11.8 Å². The van der Waals surface area contributed by atoms with Crippen LogP contribution < -0.4 is 10.6 Å². The van der Waals surface area contributed by atoms with Crippen molar-refractivity contribution < 1.29 is 19.1 Å². The molecule has 1 aliphatic carbocycles. The van der Waals surface area contributed by atoms with Crippen molar-refractivity contribution in [3.8, 4) is 0 Å². The van der Waals surface area contributed by atoms with Crippen LogP contribution in [0.3, 0.4) is 0 Å². The van der Waals surface area contributed by atoms with Gasteiger partial charge in [-0.3, -0.25) is 9.59 Å². The fourth-order valence-electron chi connectivity index (χ4n) is 4.44. The maximum Gasteiger partial charge on any atom is 0.408 e. The summed E-state index contributed by atoms with van der Waals surface area (Å²) >= 11 is 0. The van der Waals surface area contributed by atoms with Gasteiger partial charge in [0.15, 0.2) is 0 Å². The van der Waals surface area contributed by atoms with Crippen LogP contribution in [0.1, 0.15) is 103 Å². The summed E-state index contributed by atoms with van der Waals surface area (Å²) in [6.45, 7) is 16.0. The number of aryl methyl sites for hydroxylation is 2. The number of unbranched alkanes of at least 4 members (excludes halogenated alkanes) is 2. The van der Waals surface area contributed by atoms with Gasteiger partial charge in [0.25, 0.3) is 0 Å². The third kappa shape index (κ3) is 8.82. The van der Waals surface area contributed by atoms with Crippen molar-refractivity contribution in [2.75, 3.05) is 6.54 Å². The van der Waals surface area contributed by atoms with Gasteiger partial charge in [0.1, 0.15) is 17.7 Å². The van der Waals surface area contributed by atoms with Crippen LogP contribution in [0.25, 0.3) is 0 Å². The molecule has 2 rings (SSSR count). The predicted molar refractivity (Wildman–Crippen MR) is 144 cm³/mol. The van der Waals surface area contributed by atoms with E-state index in [1.54, 1.807) is 25.7 Å². The second-order valence-electron chi connectivity index (χ2n) is 11.3. The molecule has 1 saturated carbocycles. The molecule has 3 amide bonds. The lowest BCUT2D eigenvalue weighted by Crippen LogP contribution is -2.56. The van der Waals surface area contributed by atoms with Gasteiger partial charge in [0, 0.05) is 12.6 Å². The summed E-state index contributed by atoms with van der Waals surface area (Å²) in [5, 5.41) is 5.91. The van der Waals surface area contributed by atoms with Crippen LogP contribution in [0.5, 0.6) is 0 Å². The van der Waals surface area contributed by atoms with Gasteiger partial charge in [-0.25, -0.2) is 4.79 Å². The summed E-state index contributed by atoms with van der Waals surface area (Å²) in [4.78, 5) is 42.2. The van der Waals surface area contributed by atoms with Gasteiger partial charge >= 0.3 is 6.09 Å². The van der Waals surface area contributed by atoms with Crippen molar-refractivity contribution in [3.05, 3.63) is 34.9 Å². The molecule has 7 heteroatoms. The molecule has 0 aliphatic heterocycles. The largest absolute Gasteiger partial charge is 0.444 e. The predicted octanol–water partition coefficient (Wildman–Crippen LogP) is 5.58. The van der Waals surface area contributed by atoms with Gasteiger partial charge in [-0.05, 0) is 65.4 Å². The first-order chi connectivity index (χ1) is 16.9. The summed E-state index contributed by atoms with van der Waals surface area (Å²) in [6.07, 6.45) is 4.76. The van der Waals surface area contributed by atoms with E-state index in [1.807, 2.05) is 39.8 Å². The highest BCUT2D eigenvalue weighted by molar-refractivity contribution is 5.92. The number of alkyl carbamates (subject to hydrolysis) is 1. The Bertz CT molecular complexity index is 884. The Morgan fingerprint density at radius 3 is 2.17 bits per heavy atom. The third-order valence-electron chi connectivity index (χ3n) is 6.51. The Hall–Kier alpha value is -2.57. The van der Waals surface area contributed by atoms with Crippen LogP contribution in [0, 0.1) is 19.8 Å². The fraction of sp³-hybridized carbons (Fsp3) is 0.690. The smallest absolute Gasteiger partial charge is 0.408 e. The second kappa shape index (κ2) is 13.1. The molecule has 1 aromatic rings. The molecule has 1 aliphatic rings. The first-order valence-electron chi connectivity index (χ1n) is 13.6. The summed E-state index contributed by atoms with van der Waals surface area (Å²) in [5.74, 6) is -0.527. The number of rotatable bonds is 12. The number of amides is 3. The van der Waals surface area contributed by atoms with E-state index < -0.39 is 23.8 Å². The summed E-state index contributed by atoms with van der Waals surface area (Å²) in [6, 6.07) is 4.48. The molecule has 0 aromatic heterocycles. The standard InChI is InChI=1S/C29H47N3O4/c1-9-11-12-15-30-26(33)25(22-17-19(3)16-20(4)18-22)32(23-13-14-23)27(34)24(21(5)10-2)31-28(35)36-29(6,7)8/h16-18,21,23-25H,9-15H2,1-8H3,(H,30,33)(H,31,35). The molecule has 202 valence electrons. The molecule has 0 spiro atoms. The van der Waals surface area contributed by atoms with Crippen LogP contribution in [-0.2, 0) is 14.3 Å². The van der Waals surface area contributed by atoms with E-state index in [-0.39, 0.29) is 23.8 Å². The van der Waals surface area contributed by atoms with E-state index in [4.69, 9.17) is 4.74 Å². The van der Waals surface area contributed by atoms with E-state index >= 15 is 0 Å². The van der Waals surface area contributed by atoms with Gasteiger partial charge in [-0.1, -0.05) is 69.4 Å². The first-order valence-corrected chi connectivity index (χ1v) is 13.6. The van der Waals surface area contributed by atoms with Crippen molar-refractivity contribution in [1.29, 1.82) is 0 Å². The molecule has 1 fully saturated rings. The van der Waals surface area contributed by atoms with Crippen molar-refractivity contribution >= 4 is 17.9 Å². The average Bonchev–Trinajstić information content (AvgIpc) is 3.60. The van der Waals surface area contributed by atoms with E-state index in [2.05, 4.69) is 23.6 Å². The van der Waals surface area contributed by atoms with Crippen LogP contribution in [-0.4, -0.2) is 47.0 Å². The molecule has 0 heterocycles. The number of hydrogen-bond acceptors (Lipinski definition) is 4. The lowest BCUT2D eigenvalue weighted by atomic mass is 9.94. The number of nitrogens with zero attached hydrogens (tertiary/aromatic N) is 1. The molecular formula is C29H47N3O4. The number of hydrogen-bond donors (Lipinski definition) is 2. The highest BCUT2D eigenvalue weighted by Gasteiger charge is 2.45. The number of nitrogens with one attached hydrogen (secondary N) is 2. The van der Waals surface area contributed by atoms with Crippen LogP contribution >= 0.6 is 0 Å². The van der Waals surface area contributed by atoms with Gasteiger partial charge < -0.3 is 20.3 Å². The maximum atomic E-state index is 14.2. The van der Waals surface area contributed by atoms with Crippen LogP contribution in [0.4, 0.5) is 4.79 Å². The van der Waals surface area contributed by atoms with E-state index in [0.29, 0.717) is 13.0 Å². The first kappa shape index (κ1) is 29.7. The summed E-state index contributed by atoms with van der Waals surface area (Å²) in [5.41, 5.74) is 2.22. The van der Waals surface area contributed by atoms with Crippen molar-refractivity contribution in [2.45, 2.75) is 118 Å². The lowest BCUT2D eigenvalue weighted by molar-refractivity contribution is -0.144. The Balaban J connectivity index is 2.45. The quantitative estimate of drug-likeness (QED) is 0.366. The van der Waals surface area contributed by atoms with E-state index in [1.165, 1.54) is 0 Å². The summed E-state index contributed by atoms with van der Waals surface area (Å²) < 4.78 is 5.47. The normalized spacial score (nSPS) is 16.0. The number of ether oxygens (including phenoxy) is 1. The molecule has 2 N–H and O–H groups in total. The Kier molecular flexibility index (Phi) is 10.8. The Labute approximate surface area is 217 Å². The Morgan fingerprint density at radius 2 is 1.67 bits per heavy atom. The Morgan fingerprint density at radius 1 is 1.06 bits per heavy atom. The number of benzene rings is 1.